The van der Waals surface area contributed by atoms with Crippen molar-refractivity contribution in [1.82, 2.24) is 13.9 Å². The van der Waals surface area contributed by atoms with Gasteiger partial charge in [-0.25, -0.2) is 13.4 Å². The normalized spacial score (nSPS) is 15.5. The summed E-state index contributed by atoms with van der Waals surface area (Å²) >= 11 is 1.59. The lowest BCUT2D eigenvalue weighted by Gasteiger charge is -2.30. The summed E-state index contributed by atoms with van der Waals surface area (Å²) < 4.78 is 28.6. The highest BCUT2D eigenvalue weighted by molar-refractivity contribution is 7.89. The number of piperidine rings is 1. The highest BCUT2D eigenvalue weighted by Gasteiger charge is 2.33. The number of nitrogens with zero attached hydrogens (tertiary/aromatic N) is 3. The van der Waals surface area contributed by atoms with Gasteiger partial charge in [-0.2, -0.15) is 4.31 Å². The van der Waals surface area contributed by atoms with Crippen LogP contribution in [-0.4, -0.2) is 47.2 Å². The molecule has 174 valence electrons. The lowest BCUT2D eigenvalue weighted by molar-refractivity contribution is -0.120. The maximum atomic E-state index is 12.9. The van der Waals surface area contributed by atoms with E-state index in [1.807, 2.05) is 36.6 Å². The SMILES string of the molecule is Cc1nc(-c2ccc(NC(=O)C3CCN(S(=O)(=O)c4cc(C(N)=O)n(C)c4)CC3)cc2)cs1. The van der Waals surface area contributed by atoms with Crippen LogP contribution >= 0.6 is 11.3 Å². The summed E-state index contributed by atoms with van der Waals surface area (Å²) in [6, 6.07) is 8.80. The Kier molecular flexibility index (Phi) is 6.37. The van der Waals surface area contributed by atoms with Gasteiger partial charge in [0.05, 0.1) is 10.7 Å². The zero-order valence-electron chi connectivity index (χ0n) is 18.3. The number of rotatable bonds is 6. The molecule has 0 radical (unpaired) electrons. The number of amides is 2. The van der Waals surface area contributed by atoms with E-state index in [1.165, 1.54) is 21.1 Å². The Bertz CT molecular complexity index is 1290. The number of hydrogen-bond donors (Lipinski definition) is 2. The molecule has 11 heteroatoms. The average molecular weight is 488 g/mol. The molecule has 2 aromatic heterocycles. The molecule has 9 nitrogen and oxygen atoms in total. The van der Waals surface area contributed by atoms with E-state index in [1.54, 1.807) is 18.4 Å². The Morgan fingerprint density at radius 3 is 2.39 bits per heavy atom. The number of aryl methyl sites for hydroxylation is 2. The van der Waals surface area contributed by atoms with E-state index >= 15 is 0 Å². The Morgan fingerprint density at radius 1 is 1.18 bits per heavy atom. The van der Waals surface area contributed by atoms with Gasteiger partial charge < -0.3 is 15.6 Å². The van der Waals surface area contributed by atoms with E-state index < -0.39 is 15.9 Å². The summed E-state index contributed by atoms with van der Waals surface area (Å²) in [4.78, 5) is 28.7. The number of aromatic nitrogens is 2. The van der Waals surface area contributed by atoms with Crippen molar-refractivity contribution in [3.63, 3.8) is 0 Å². The minimum atomic E-state index is -3.77. The summed E-state index contributed by atoms with van der Waals surface area (Å²) in [5.41, 5.74) is 7.99. The summed E-state index contributed by atoms with van der Waals surface area (Å²) in [6.07, 6.45) is 2.21. The molecule has 0 atom stereocenters. The molecule has 1 aliphatic heterocycles. The highest BCUT2D eigenvalue weighted by Crippen LogP contribution is 2.27. The first-order chi connectivity index (χ1) is 15.6. The van der Waals surface area contributed by atoms with Crippen LogP contribution in [0.3, 0.4) is 0 Å². The first kappa shape index (κ1) is 23.1. The molecule has 0 saturated carbocycles. The van der Waals surface area contributed by atoms with Crippen molar-refractivity contribution in [1.29, 1.82) is 0 Å². The van der Waals surface area contributed by atoms with Crippen LogP contribution in [0.2, 0.25) is 0 Å². The first-order valence-corrected chi connectivity index (χ1v) is 12.8. The lowest BCUT2D eigenvalue weighted by Crippen LogP contribution is -2.41. The molecule has 0 bridgehead atoms. The van der Waals surface area contributed by atoms with Gasteiger partial charge in [-0.3, -0.25) is 9.59 Å². The molecule has 0 aliphatic carbocycles. The maximum absolute atomic E-state index is 12.9. The zero-order chi connectivity index (χ0) is 23.8. The second-order valence-electron chi connectivity index (χ2n) is 8.03. The molecule has 2 amide bonds. The molecule has 1 saturated heterocycles. The van der Waals surface area contributed by atoms with Crippen LogP contribution in [0, 0.1) is 12.8 Å². The van der Waals surface area contributed by atoms with Gasteiger partial charge in [0.25, 0.3) is 5.91 Å². The predicted molar refractivity (Wildman–Crippen MR) is 126 cm³/mol. The van der Waals surface area contributed by atoms with Gasteiger partial charge in [0, 0.05) is 48.9 Å². The van der Waals surface area contributed by atoms with E-state index in [-0.39, 0.29) is 35.5 Å². The molecule has 3 heterocycles. The van der Waals surface area contributed by atoms with Crippen molar-refractivity contribution >= 4 is 38.9 Å². The molecule has 1 aliphatic rings. The van der Waals surface area contributed by atoms with Crippen molar-refractivity contribution in [2.75, 3.05) is 18.4 Å². The largest absolute Gasteiger partial charge is 0.364 e. The van der Waals surface area contributed by atoms with Gasteiger partial charge in [-0.1, -0.05) is 12.1 Å². The van der Waals surface area contributed by atoms with Gasteiger partial charge >= 0.3 is 0 Å². The minimum Gasteiger partial charge on any atom is -0.364 e. The van der Waals surface area contributed by atoms with Gasteiger partial charge in [0.15, 0.2) is 0 Å². The topological polar surface area (TPSA) is 127 Å². The average Bonchev–Trinajstić information content (AvgIpc) is 3.40. The molecule has 3 N–H and O–H groups in total. The molecular weight excluding hydrogens is 462 g/mol. The van der Waals surface area contributed by atoms with Crippen molar-refractivity contribution < 1.29 is 18.0 Å². The number of primary amides is 1. The molecule has 0 unspecified atom stereocenters. The number of carbonyl (C=O) groups excluding carboxylic acids is 2. The number of hydrogen-bond acceptors (Lipinski definition) is 6. The molecule has 3 aromatic rings. The standard InChI is InChI=1S/C22H25N5O4S2/c1-14-24-19(13-32-14)15-3-5-17(6-4-15)25-22(29)16-7-9-27(10-8-16)33(30,31)18-11-20(21(23)28)26(2)12-18/h3-6,11-13,16H,7-10H2,1-2H3,(H2,23,28)(H,25,29). The summed E-state index contributed by atoms with van der Waals surface area (Å²) in [5, 5.41) is 5.92. The summed E-state index contributed by atoms with van der Waals surface area (Å²) in [5.74, 6) is -1.10. The first-order valence-electron chi connectivity index (χ1n) is 10.4. The molecular formula is C22H25N5O4S2. The summed E-state index contributed by atoms with van der Waals surface area (Å²) in [7, 11) is -2.20. The van der Waals surface area contributed by atoms with Crippen molar-refractivity contribution in [2.24, 2.45) is 18.7 Å². The van der Waals surface area contributed by atoms with E-state index in [2.05, 4.69) is 10.3 Å². The maximum Gasteiger partial charge on any atom is 0.265 e. The van der Waals surface area contributed by atoms with E-state index in [9.17, 15) is 18.0 Å². The molecule has 1 fully saturated rings. The number of nitrogens with two attached hydrogens (primary N) is 1. The third-order valence-electron chi connectivity index (χ3n) is 5.76. The third kappa shape index (κ3) is 4.85. The molecule has 4 rings (SSSR count). The van der Waals surface area contributed by atoms with Crippen molar-refractivity contribution in [3.05, 3.63) is 52.6 Å². The highest BCUT2D eigenvalue weighted by atomic mass is 32.2. The molecule has 0 spiro atoms. The number of benzene rings is 1. The Morgan fingerprint density at radius 2 is 1.85 bits per heavy atom. The zero-order valence-corrected chi connectivity index (χ0v) is 19.9. The quantitative estimate of drug-likeness (QED) is 0.552. The molecule has 1 aromatic carbocycles. The van der Waals surface area contributed by atoms with E-state index in [0.29, 0.717) is 18.5 Å². The number of thiazole rings is 1. The minimum absolute atomic E-state index is 0.0251. The van der Waals surface area contributed by atoms with Crippen LogP contribution in [0.4, 0.5) is 5.69 Å². The Balaban J connectivity index is 1.36. The number of sulfonamides is 1. The van der Waals surface area contributed by atoms with Crippen molar-refractivity contribution in [2.45, 2.75) is 24.7 Å². The van der Waals surface area contributed by atoms with E-state index in [4.69, 9.17) is 5.73 Å². The number of nitrogens with one attached hydrogen (secondary N) is 1. The smallest absolute Gasteiger partial charge is 0.265 e. The lowest BCUT2D eigenvalue weighted by atomic mass is 9.97. The van der Waals surface area contributed by atoms with Crippen LogP contribution in [0.15, 0.2) is 46.8 Å². The van der Waals surface area contributed by atoms with Crippen LogP contribution in [0.5, 0.6) is 0 Å². The van der Waals surface area contributed by atoms with Crippen LogP contribution < -0.4 is 11.1 Å². The van der Waals surface area contributed by atoms with E-state index in [0.717, 1.165) is 16.3 Å². The Labute approximate surface area is 196 Å². The third-order valence-corrected chi connectivity index (χ3v) is 8.40. The van der Waals surface area contributed by atoms with Gasteiger partial charge in [0.1, 0.15) is 10.6 Å². The van der Waals surface area contributed by atoms with Gasteiger partial charge in [-0.05, 0) is 38.0 Å². The monoisotopic (exact) mass is 487 g/mol. The van der Waals surface area contributed by atoms with Crippen LogP contribution in [-0.2, 0) is 21.9 Å². The van der Waals surface area contributed by atoms with Gasteiger partial charge in [-0.15, -0.1) is 11.3 Å². The second-order valence-corrected chi connectivity index (χ2v) is 11.0. The Hall–Kier alpha value is -3.02. The van der Waals surface area contributed by atoms with Gasteiger partial charge in [0.2, 0.25) is 15.9 Å². The fourth-order valence-electron chi connectivity index (χ4n) is 3.89. The predicted octanol–water partition coefficient (Wildman–Crippen LogP) is 2.60. The number of carbonyl (C=O) groups is 2. The van der Waals surface area contributed by atoms with Crippen molar-refractivity contribution in [3.8, 4) is 11.3 Å². The fourth-order valence-corrected chi connectivity index (χ4v) is 6.06. The summed E-state index contributed by atoms with van der Waals surface area (Å²) in [6.45, 7) is 2.41. The number of anilines is 1. The fraction of sp³-hybridized carbons (Fsp3) is 0.318. The second kappa shape index (κ2) is 9.08. The van der Waals surface area contributed by atoms with Crippen LogP contribution in [0.1, 0.15) is 28.3 Å². The van der Waals surface area contributed by atoms with Crippen LogP contribution in [0.25, 0.3) is 11.3 Å². The molecule has 33 heavy (non-hydrogen) atoms.